The molecule has 0 saturated carbocycles. The molecule has 1 aliphatic heterocycles. The first-order chi connectivity index (χ1) is 18.1. The molecule has 2 heterocycles. The van der Waals surface area contributed by atoms with Gasteiger partial charge in [0.2, 0.25) is 0 Å². The summed E-state index contributed by atoms with van der Waals surface area (Å²) in [5, 5.41) is 4.05. The molecule has 0 atom stereocenters. The fourth-order valence-corrected chi connectivity index (χ4v) is 5.45. The van der Waals surface area contributed by atoms with Crippen LogP contribution in [0.3, 0.4) is 0 Å². The molecule has 4 aromatic rings. The smallest absolute Gasteiger partial charge is 0.251 e. The number of thiazole rings is 1. The number of fused-ring (bicyclic) bond motifs is 1. The molecule has 1 fully saturated rings. The highest BCUT2D eigenvalue weighted by molar-refractivity contribution is 7.22. The first kappa shape index (κ1) is 27.6. The van der Waals surface area contributed by atoms with Gasteiger partial charge in [0.1, 0.15) is 5.75 Å². The van der Waals surface area contributed by atoms with Crippen LogP contribution in [-0.4, -0.2) is 67.4 Å². The lowest BCUT2D eigenvalue weighted by molar-refractivity contribution is 0.0946. The Balaban J connectivity index is 0.00000336. The molecule has 1 aliphatic rings. The third-order valence-electron chi connectivity index (χ3n) is 6.46. The number of carbonyl (C=O) groups excluding carboxylic acids is 2. The average molecular weight is 551 g/mol. The molecule has 0 spiro atoms. The number of piperazine rings is 1. The molecular formula is C29H31ClN4O3S. The van der Waals surface area contributed by atoms with Crippen LogP contribution in [0.4, 0.5) is 5.13 Å². The largest absolute Gasteiger partial charge is 0.494 e. The van der Waals surface area contributed by atoms with Gasteiger partial charge in [-0.1, -0.05) is 53.8 Å². The molecule has 5 rings (SSSR count). The van der Waals surface area contributed by atoms with Crippen molar-refractivity contribution < 1.29 is 14.3 Å². The second-order valence-corrected chi connectivity index (χ2v) is 9.93. The number of ether oxygens (including phenoxy) is 1. The van der Waals surface area contributed by atoms with E-state index in [4.69, 9.17) is 9.72 Å². The van der Waals surface area contributed by atoms with Crippen molar-refractivity contribution in [2.45, 2.75) is 6.92 Å². The van der Waals surface area contributed by atoms with Gasteiger partial charge >= 0.3 is 0 Å². The molecule has 1 N–H and O–H groups in total. The quantitative estimate of drug-likeness (QED) is 0.299. The van der Waals surface area contributed by atoms with E-state index in [2.05, 4.69) is 21.2 Å². The summed E-state index contributed by atoms with van der Waals surface area (Å²) in [4.78, 5) is 34.6. The summed E-state index contributed by atoms with van der Waals surface area (Å²) in [7, 11) is 0. The van der Waals surface area contributed by atoms with Crippen molar-refractivity contribution in [3.63, 3.8) is 0 Å². The molecule has 9 heteroatoms. The zero-order chi connectivity index (χ0) is 25.6. The second-order valence-electron chi connectivity index (χ2n) is 8.92. The summed E-state index contributed by atoms with van der Waals surface area (Å²) in [5.74, 6) is 0.708. The summed E-state index contributed by atoms with van der Waals surface area (Å²) in [6.07, 6.45) is 0. The Morgan fingerprint density at radius 2 is 1.61 bits per heavy atom. The van der Waals surface area contributed by atoms with Gasteiger partial charge < -0.3 is 15.0 Å². The number of halogens is 1. The Hall–Kier alpha value is -3.46. The molecular weight excluding hydrogens is 520 g/mol. The van der Waals surface area contributed by atoms with Gasteiger partial charge in [-0.25, -0.2) is 4.98 Å². The van der Waals surface area contributed by atoms with Crippen LogP contribution in [0.25, 0.3) is 10.2 Å². The van der Waals surface area contributed by atoms with Gasteiger partial charge in [0.15, 0.2) is 10.9 Å². The maximum atomic E-state index is 12.6. The van der Waals surface area contributed by atoms with Gasteiger partial charge in [0.05, 0.1) is 16.8 Å². The first-order valence-corrected chi connectivity index (χ1v) is 13.4. The summed E-state index contributed by atoms with van der Waals surface area (Å²) in [5.41, 5.74) is 2.77. The number of hydrogen-bond donors (Lipinski definition) is 1. The minimum absolute atomic E-state index is 0. The predicted octanol–water partition coefficient (Wildman–Crippen LogP) is 4.90. The number of carbonyl (C=O) groups is 2. The first-order valence-electron chi connectivity index (χ1n) is 12.6. The van der Waals surface area contributed by atoms with Crippen molar-refractivity contribution >= 4 is 50.8 Å². The topological polar surface area (TPSA) is 74.8 Å². The van der Waals surface area contributed by atoms with Gasteiger partial charge in [-0.3, -0.25) is 14.5 Å². The number of nitrogens with zero attached hydrogens (tertiary/aromatic N) is 3. The molecule has 38 heavy (non-hydrogen) atoms. The third kappa shape index (κ3) is 6.51. The fourth-order valence-electron chi connectivity index (χ4n) is 4.41. The molecule has 7 nitrogen and oxygen atoms in total. The molecule has 1 amide bonds. The van der Waals surface area contributed by atoms with Crippen LogP contribution in [-0.2, 0) is 0 Å². The highest BCUT2D eigenvalue weighted by Crippen LogP contribution is 2.32. The molecule has 0 radical (unpaired) electrons. The van der Waals surface area contributed by atoms with E-state index in [-0.39, 0.29) is 24.1 Å². The SMILES string of the molecule is CCOc1ccc2nc(N3CCN(CCNC(=O)c4ccc(C(=O)c5ccccc5)cc4)CC3)sc2c1.Cl. The van der Waals surface area contributed by atoms with Crippen molar-refractivity contribution in [2.75, 3.05) is 50.8 Å². The second kappa shape index (κ2) is 12.9. The monoisotopic (exact) mass is 550 g/mol. The van der Waals surface area contributed by atoms with Gasteiger partial charge in [-0.15, -0.1) is 12.4 Å². The lowest BCUT2D eigenvalue weighted by Gasteiger charge is -2.34. The summed E-state index contributed by atoms with van der Waals surface area (Å²) in [6, 6.07) is 22.0. The lowest BCUT2D eigenvalue weighted by atomic mass is 10.0. The van der Waals surface area contributed by atoms with E-state index in [1.54, 1.807) is 47.7 Å². The number of anilines is 1. The van der Waals surface area contributed by atoms with Crippen LogP contribution in [0.5, 0.6) is 5.75 Å². The van der Waals surface area contributed by atoms with Crippen LogP contribution < -0.4 is 15.0 Å². The van der Waals surface area contributed by atoms with E-state index < -0.39 is 0 Å². The maximum absolute atomic E-state index is 12.6. The minimum atomic E-state index is -0.127. The summed E-state index contributed by atoms with van der Waals surface area (Å²) < 4.78 is 6.75. The van der Waals surface area contributed by atoms with Crippen molar-refractivity contribution in [1.29, 1.82) is 0 Å². The fraction of sp³-hybridized carbons (Fsp3) is 0.276. The normalized spacial score (nSPS) is 13.7. The van der Waals surface area contributed by atoms with Gasteiger partial charge in [-0.2, -0.15) is 0 Å². The molecule has 0 unspecified atom stereocenters. The van der Waals surface area contributed by atoms with Crippen molar-refractivity contribution in [3.8, 4) is 5.75 Å². The number of aromatic nitrogens is 1. The molecule has 1 aromatic heterocycles. The zero-order valence-electron chi connectivity index (χ0n) is 21.3. The summed E-state index contributed by atoms with van der Waals surface area (Å²) >= 11 is 1.70. The van der Waals surface area contributed by atoms with Crippen molar-refractivity contribution in [2.24, 2.45) is 0 Å². The molecule has 0 aliphatic carbocycles. The lowest BCUT2D eigenvalue weighted by Crippen LogP contribution is -2.48. The van der Waals surface area contributed by atoms with Crippen LogP contribution in [0.2, 0.25) is 0 Å². The maximum Gasteiger partial charge on any atom is 0.251 e. The van der Waals surface area contributed by atoms with E-state index in [1.807, 2.05) is 37.3 Å². The highest BCUT2D eigenvalue weighted by Gasteiger charge is 2.20. The molecule has 0 bridgehead atoms. The number of rotatable bonds is 9. The van der Waals surface area contributed by atoms with E-state index in [9.17, 15) is 9.59 Å². The van der Waals surface area contributed by atoms with Crippen LogP contribution in [0, 0.1) is 0 Å². The highest BCUT2D eigenvalue weighted by atomic mass is 35.5. The van der Waals surface area contributed by atoms with Crippen molar-refractivity contribution in [1.82, 2.24) is 15.2 Å². The van der Waals surface area contributed by atoms with E-state index >= 15 is 0 Å². The minimum Gasteiger partial charge on any atom is -0.494 e. The standard InChI is InChI=1S/C29H30N4O3S.ClH/c1-2-36-24-12-13-25-26(20-24)37-29(31-25)33-18-16-32(17-19-33)15-14-30-28(35)23-10-8-22(9-11-23)27(34)21-6-4-3-5-7-21;/h3-13,20H,2,14-19H2,1H3,(H,30,35);1H. The Bertz CT molecular complexity index is 1370. The Morgan fingerprint density at radius 3 is 2.32 bits per heavy atom. The number of nitrogens with one attached hydrogen (secondary N) is 1. The third-order valence-corrected chi connectivity index (χ3v) is 7.54. The predicted molar refractivity (Wildman–Crippen MR) is 155 cm³/mol. The van der Waals surface area contributed by atoms with E-state index in [0.29, 0.717) is 29.8 Å². The zero-order valence-corrected chi connectivity index (χ0v) is 22.9. The summed E-state index contributed by atoms with van der Waals surface area (Å²) in [6.45, 7) is 7.67. The van der Waals surface area contributed by atoms with Crippen LogP contribution >= 0.6 is 23.7 Å². The molecule has 198 valence electrons. The van der Waals surface area contributed by atoms with E-state index in [0.717, 1.165) is 53.8 Å². The molecule has 3 aromatic carbocycles. The average Bonchev–Trinajstić information content (AvgIpc) is 3.37. The number of ketones is 1. The number of hydrogen-bond acceptors (Lipinski definition) is 7. The van der Waals surface area contributed by atoms with E-state index in [1.165, 1.54) is 0 Å². The Kier molecular flexibility index (Phi) is 9.33. The van der Waals surface area contributed by atoms with Crippen molar-refractivity contribution in [3.05, 3.63) is 89.5 Å². The number of benzene rings is 3. The molecule has 1 saturated heterocycles. The van der Waals surface area contributed by atoms with Crippen LogP contribution in [0.15, 0.2) is 72.8 Å². The number of amides is 1. The Labute approximate surface area is 232 Å². The Morgan fingerprint density at radius 1 is 0.921 bits per heavy atom. The van der Waals surface area contributed by atoms with Gasteiger partial charge in [0.25, 0.3) is 5.91 Å². The van der Waals surface area contributed by atoms with Gasteiger partial charge in [0, 0.05) is 56.0 Å². The van der Waals surface area contributed by atoms with Gasteiger partial charge in [-0.05, 0) is 37.3 Å². The van der Waals surface area contributed by atoms with Crippen LogP contribution in [0.1, 0.15) is 33.2 Å².